The Morgan fingerprint density at radius 1 is 1.19 bits per heavy atom. The minimum Gasteiger partial charge on any atom is -0.305 e. The monoisotopic (exact) mass is 220 g/mol. The lowest BCUT2D eigenvalue weighted by atomic mass is 9.69. The quantitative estimate of drug-likeness (QED) is 0.727. The van der Waals surface area contributed by atoms with E-state index in [1.54, 1.807) is 0 Å². The molecule has 0 bridgehead atoms. The predicted octanol–water partition coefficient (Wildman–Crippen LogP) is 3.19. The van der Waals surface area contributed by atoms with Crippen LogP contribution in [0.1, 0.15) is 51.4 Å². The largest absolute Gasteiger partial charge is 0.305 e. The van der Waals surface area contributed by atoms with Crippen molar-refractivity contribution in [2.45, 2.75) is 51.4 Å². The zero-order chi connectivity index (χ0) is 11.4. The van der Waals surface area contributed by atoms with E-state index in [1.165, 1.54) is 45.1 Å². The van der Waals surface area contributed by atoms with Gasteiger partial charge in [-0.3, -0.25) is 0 Å². The number of rotatable bonds is 4. The average Bonchev–Trinajstić information content (AvgIpc) is 2.25. The summed E-state index contributed by atoms with van der Waals surface area (Å²) in [4.78, 5) is 2.42. The van der Waals surface area contributed by atoms with E-state index >= 15 is 0 Å². The Balaban J connectivity index is 1.75. The molecule has 0 unspecified atom stereocenters. The summed E-state index contributed by atoms with van der Waals surface area (Å²) in [5.74, 6) is 0.898. The number of nitrogens with zero attached hydrogens (tertiary/aromatic N) is 2. The zero-order valence-corrected chi connectivity index (χ0v) is 10.5. The maximum absolute atomic E-state index is 9.21. The third kappa shape index (κ3) is 2.77. The lowest BCUT2D eigenvalue weighted by Gasteiger charge is -2.39. The summed E-state index contributed by atoms with van der Waals surface area (Å²) < 4.78 is 0. The molecule has 0 saturated heterocycles. The van der Waals surface area contributed by atoms with E-state index in [4.69, 9.17) is 0 Å². The van der Waals surface area contributed by atoms with Crippen LogP contribution in [0.4, 0.5) is 0 Å². The van der Waals surface area contributed by atoms with Gasteiger partial charge in [0.15, 0.2) is 0 Å². The number of hydrogen-bond donors (Lipinski definition) is 0. The van der Waals surface area contributed by atoms with Gasteiger partial charge in [-0.15, -0.1) is 0 Å². The van der Waals surface area contributed by atoms with Gasteiger partial charge in [-0.2, -0.15) is 5.26 Å². The van der Waals surface area contributed by atoms with E-state index in [2.05, 4.69) is 18.0 Å². The first-order chi connectivity index (χ1) is 7.74. The van der Waals surface area contributed by atoms with Crippen molar-refractivity contribution in [3.63, 3.8) is 0 Å². The first kappa shape index (κ1) is 11.9. The molecule has 2 saturated carbocycles. The smallest absolute Gasteiger partial charge is 0.0703 e. The van der Waals surface area contributed by atoms with Gasteiger partial charge < -0.3 is 4.90 Å². The summed E-state index contributed by atoms with van der Waals surface area (Å²) in [7, 11) is 2.20. The molecule has 0 radical (unpaired) electrons. The van der Waals surface area contributed by atoms with Gasteiger partial charge in [0.25, 0.3) is 0 Å². The highest BCUT2D eigenvalue weighted by Gasteiger charge is 2.38. The van der Waals surface area contributed by atoms with Gasteiger partial charge in [-0.25, -0.2) is 0 Å². The summed E-state index contributed by atoms with van der Waals surface area (Å²) >= 11 is 0. The normalized spacial score (nSPS) is 25.1. The molecule has 2 aliphatic carbocycles. The van der Waals surface area contributed by atoms with E-state index in [0.717, 1.165) is 25.3 Å². The highest BCUT2D eigenvalue weighted by molar-refractivity contribution is 5.06. The van der Waals surface area contributed by atoms with Crippen LogP contribution < -0.4 is 0 Å². The molecule has 2 nitrogen and oxygen atoms in total. The van der Waals surface area contributed by atoms with Crippen LogP contribution in [0.5, 0.6) is 0 Å². The predicted molar refractivity (Wildman–Crippen MR) is 66.0 cm³/mol. The van der Waals surface area contributed by atoms with Crippen molar-refractivity contribution in [2.75, 3.05) is 20.1 Å². The van der Waals surface area contributed by atoms with Gasteiger partial charge in [-0.1, -0.05) is 25.7 Å². The molecule has 0 spiro atoms. The Labute approximate surface area is 99.6 Å². The summed E-state index contributed by atoms with van der Waals surface area (Å²) in [5.41, 5.74) is 0.0173. The van der Waals surface area contributed by atoms with Gasteiger partial charge >= 0.3 is 0 Å². The van der Waals surface area contributed by atoms with Crippen LogP contribution in [-0.4, -0.2) is 25.0 Å². The standard InChI is InChI=1S/C14H24N2/c1-16(10-13-6-3-2-4-7-13)12-14(11-15)8-5-9-14/h13H,2-10,12H2,1H3. The molecule has 0 N–H and O–H groups in total. The molecular weight excluding hydrogens is 196 g/mol. The average molecular weight is 220 g/mol. The Hall–Kier alpha value is -0.550. The topological polar surface area (TPSA) is 27.0 Å². The number of hydrogen-bond acceptors (Lipinski definition) is 2. The molecule has 0 amide bonds. The Bertz CT molecular complexity index is 256. The second-order valence-corrected chi connectivity index (χ2v) is 5.95. The second kappa shape index (κ2) is 5.19. The second-order valence-electron chi connectivity index (χ2n) is 5.95. The van der Waals surface area contributed by atoms with Crippen molar-refractivity contribution >= 4 is 0 Å². The summed E-state index contributed by atoms with van der Waals surface area (Å²) in [6.45, 7) is 2.21. The van der Waals surface area contributed by atoms with E-state index in [1.807, 2.05) is 0 Å². The molecule has 0 aliphatic heterocycles. The molecular formula is C14H24N2. The van der Waals surface area contributed by atoms with Crippen molar-refractivity contribution in [3.8, 4) is 6.07 Å². The number of nitriles is 1. The summed E-state index contributed by atoms with van der Waals surface area (Å²) in [5, 5.41) is 9.21. The summed E-state index contributed by atoms with van der Waals surface area (Å²) in [6, 6.07) is 2.54. The Morgan fingerprint density at radius 3 is 2.38 bits per heavy atom. The highest BCUT2D eigenvalue weighted by atomic mass is 15.1. The lowest BCUT2D eigenvalue weighted by Crippen LogP contribution is -2.41. The molecule has 0 heterocycles. The molecule has 0 aromatic rings. The first-order valence-electron chi connectivity index (χ1n) is 6.84. The van der Waals surface area contributed by atoms with E-state index < -0.39 is 0 Å². The van der Waals surface area contributed by atoms with E-state index in [-0.39, 0.29) is 5.41 Å². The van der Waals surface area contributed by atoms with Crippen molar-refractivity contribution < 1.29 is 0 Å². The van der Waals surface area contributed by atoms with Crippen LogP contribution in [0, 0.1) is 22.7 Å². The molecule has 90 valence electrons. The minimum absolute atomic E-state index is 0.0173. The maximum Gasteiger partial charge on any atom is 0.0703 e. The van der Waals surface area contributed by atoms with Crippen LogP contribution in [-0.2, 0) is 0 Å². The minimum atomic E-state index is 0.0173. The van der Waals surface area contributed by atoms with Crippen LogP contribution in [0.15, 0.2) is 0 Å². The molecule has 0 aromatic carbocycles. The fourth-order valence-electron chi connectivity index (χ4n) is 3.30. The fraction of sp³-hybridized carbons (Fsp3) is 0.929. The van der Waals surface area contributed by atoms with Crippen LogP contribution in [0.2, 0.25) is 0 Å². The molecule has 16 heavy (non-hydrogen) atoms. The van der Waals surface area contributed by atoms with Gasteiger partial charge in [0.05, 0.1) is 11.5 Å². The van der Waals surface area contributed by atoms with E-state index in [0.29, 0.717) is 0 Å². The van der Waals surface area contributed by atoms with Crippen LogP contribution in [0.3, 0.4) is 0 Å². The molecule has 0 aromatic heterocycles. The molecule has 2 aliphatic rings. The van der Waals surface area contributed by atoms with Gasteiger partial charge in [0.1, 0.15) is 0 Å². The Morgan fingerprint density at radius 2 is 1.88 bits per heavy atom. The Kier molecular flexibility index (Phi) is 3.86. The van der Waals surface area contributed by atoms with Gasteiger partial charge in [-0.05, 0) is 38.6 Å². The fourth-order valence-corrected chi connectivity index (χ4v) is 3.30. The van der Waals surface area contributed by atoms with Crippen molar-refractivity contribution in [1.82, 2.24) is 4.90 Å². The van der Waals surface area contributed by atoms with Crippen LogP contribution in [0.25, 0.3) is 0 Å². The van der Waals surface area contributed by atoms with Crippen molar-refractivity contribution in [2.24, 2.45) is 11.3 Å². The molecule has 2 heteroatoms. The third-order valence-corrected chi connectivity index (χ3v) is 4.42. The lowest BCUT2D eigenvalue weighted by molar-refractivity contribution is 0.119. The zero-order valence-electron chi connectivity index (χ0n) is 10.5. The molecule has 2 rings (SSSR count). The third-order valence-electron chi connectivity index (χ3n) is 4.42. The maximum atomic E-state index is 9.21. The van der Waals surface area contributed by atoms with Crippen molar-refractivity contribution in [1.29, 1.82) is 5.26 Å². The van der Waals surface area contributed by atoms with Crippen LogP contribution >= 0.6 is 0 Å². The van der Waals surface area contributed by atoms with Crippen molar-refractivity contribution in [3.05, 3.63) is 0 Å². The SMILES string of the molecule is CN(CC1CCCCC1)CC1(C#N)CCC1. The molecule has 2 fully saturated rings. The highest BCUT2D eigenvalue weighted by Crippen LogP contribution is 2.40. The first-order valence-corrected chi connectivity index (χ1v) is 6.84. The molecule has 0 atom stereocenters. The van der Waals surface area contributed by atoms with Gasteiger partial charge in [0, 0.05) is 13.1 Å². The summed E-state index contributed by atoms with van der Waals surface area (Å²) in [6.07, 6.45) is 10.6. The van der Waals surface area contributed by atoms with Gasteiger partial charge in [0.2, 0.25) is 0 Å². The van der Waals surface area contributed by atoms with E-state index in [9.17, 15) is 5.26 Å².